The van der Waals surface area contributed by atoms with Crippen LogP contribution >= 0.6 is 11.6 Å². The SMILES string of the molecule is C[C@]12OC(=O)C1(C(O)C1C=CCCC1)NC(=O)C2CCCl. The number of hydrogen-bond acceptors (Lipinski definition) is 4. The fourth-order valence-corrected chi connectivity index (χ4v) is 4.21. The molecule has 4 unspecified atom stereocenters. The van der Waals surface area contributed by atoms with E-state index < -0.39 is 29.1 Å². The lowest BCUT2D eigenvalue weighted by Crippen LogP contribution is -2.80. The van der Waals surface area contributed by atoms with Crippen molar-refractivity contribution in [3.8, 4) is 0 Å². The summed E-state index contributed by atoms with van der Waals surface area (Å²) in [6.45, 7) is 1.72. The second kappa shape index (κ2) is 4.99. The van der Waals surface area contributed by atoms with Gasteiger partial charge in [-0.1, -0.05) is 12.2 Å². The number of carbonyl (C=O) groups is 2. The van der Waals surface area contributed by atoms with E-state index in [4.69, 9.17) is 16.3 Å². The summed E-state index contributed by atoms with van der Waals surface area (Å²) in [5.74, 6) is -1.14. The number of fused-ring (bicyclic) bond motifs is 1. The van der Waals surface area contributed by atoms with E-state index in [2.05, 4.69) is 5.32 Å². The Hall–Kier alpha value is -1.07. The molecule has 1 aliphatic carbocycles. The summed E-state index contributed by atoms with van der Waals surface area (Å²) in [6, 6.07) is 0. The number of hydrogen-bond donors (Lipinski definition) is 2. The van der Waals surface area contributed by atoms with Crippen LogP contribution in [0, 0.1) is 11.8 Å². The summed E-state index contributed by atoms with van der Waals surface area (Å²) in [7, 11) is 0. The van der Waals surface area contributed by atoms with Crippen molar-refractivity contribution in [1.82, 2.24) is 5.32 Å². The minimum atomic E-state index is -1.33. The molecular weight excluding hydrogens is 294 g/mol. The van der Waals surface area contributed by atoms with Crippen molar-refractivity contribution in [2.75, 3.05) is 5.88 Å². The Balaban J connectivity index is 1.94. The molecule has 2 heterocycles. The van der Waals surface area contributed by atoms with E-state index >= 15 is 0 Å². The summed E-state index contributed by atoms with van der Waals surface area (Å²) in [4.78, 5) is 24.4. The Labute approximate surface area is 128 Å². The minimum absolute atomic E-state index is 0.138. The molecule has 3 rings (SSSR count). The Morgan fingerprint density at radius 2 is 2.33 bits per heavy atom. The van der Waals surface area contributed by atoms with Gasteiger partial charge in [0.2, 0.25) is 11.4 Å². The summed E-state index contributed by atoms with van der Waals surface area (Å²) >= 11 is 5.76. The van der Waals surface area contributed by atoms with Crippen molar-refractivity contribution in [2.45, 2.75) is 49.9 Å². The molecule has 5 atom stereocenters. The van der Waals surface area contributed by atoms with Crippen molar-refractivity contribution in [3.63, 3.8) is 0 Å². The second-order valence-corrected chi connectivity index (χ2v) is 6.67. The highest BCUT2D eigenvalue weighted by Crippen LogP contribution is 2.53. The number of aliphatic hydroxyl groups excluding tert-OH is 1. The minimum Gasteiger partial charge on any atom is -0.453 e. The molecule has 6 heteroatoms. The van der Waals surface area contributed by atoms with E-state index in [1.165, 1.54) is 0 Å². The molecular formula is C15H20ClNO4. The van der Waals surface area contributed by atoms with Crippen molar-refractivity contribution >= 4 is 23.5 Å². The van der Waals surface area contributed by atoms with Crippen LogP contribution in [0.25, 0.3) is 0 Å². The fraction of sp³-hybridized carbons (Fsp3) is 0.733. The molecule has 2 fully saturated rings. The van der Waals surface area contributed by atoms with Crippen molar-refractivity contribution in [2.24, 2.45) is 11.8 Å². The monoisotopic (exact) mass is 313 g/mol. The van der Waals surface area contributed by atoms with Crippen LogP contribution in [0.15, 0.2) is 12.2 Å². The van der Waals surface area contributed by atoms with Crippen LogP contribution in [0.4, 0.5) is 0 Å². The molecule has 5 nitrogen and oxygen atoms in total. The maximum absolute atomic E-state index is 12.2. The van der Waals surface area contributed by atoms with Gasteiger partial charge in [-0.25, -0.2) is 4.79 Å². The van der Waals surface area contributed by atoms with E-state index in [-0.39, 0.29) is 11.8 Å². The van der Waals surface area contributed by atoms with Gasteiger partial charge in [0.15, 0.2) is 5.60 Å². The molecule has 2 aliphatic heterocycles. The Morgan fingerprint density at radius 3 is 2.90 bits per heavy atom. The first-order valence-corrected chi connectivity index (χ1v) is 7.97. The summed E-state index contributed by atoms with van der Waals surface area (Å²) < 4.78 is 5.34. The standard InChI is InChI=1S/C15H20ClNO4/c1-14-10(7-8-16)12(19)17-15(14,13(20)21-14)11(18)9-5-3-2-4-6-9/h3,5,9-11,18H,2,4,6-8H2,1H3,(H,17,19)/t9?,10?,11?,14-,15?/m1/s1. The van der Waals surface area contributed by atoms with Gasteiger partial charge in [-0.2, -0.15) is 0 Å². The van der Waals surface area contributed by atoms with Crippen molar-refractivity contribution in [3.05, 3.63) is 12.2 Å². The summed E-state index contributed by atoms with van der Waals surface area (Å²) in [6.07, 6.45) is 6.17. The number of rotatable bonds is 4. The van der Waals surface area contributed by atoms with Gasteiger partial charge in [0.05, 0.1) is 12.0 Å². The van der Waals surface area contributed by atoms with Crippen LogP contribution in [0.5, 0.6) is 0 Å². The highest BCUT2D eigenvalue weighted by molar-refractivity contribution is 6.18. The number of aliphatic hydroxyl groups is 1. The van der Waals surface area contributed by atoms with E-state index in [0.717, 1.165) is 19.3 Å². The molecule has 2 saturated heterocycles. The smallest absolute Gasteiger partial charge is 0.339 e. The number of ether oxygens (including phenoxy) is 1. The van der Waals surface area contributed by atoms with Crippen LogP contribution in [0.1, 0.15) is 32.6 Å². The van der Waals surface area contributed by atoms with Crippen LogP contribution in [-0.4, -0.2) is 40.1 Å². The normalized spacial score (nSPS) is 42.8. The summed E-state index contributed by atoms with van der Waals surface area (Å²) in [5.41, 5.74) is -2.34. The molecule has 0 aromatic rings. The quantitative estimate of drug-likeness (QED) is 0.463. The van der Waals surface area contributed by atoms with Crippen LogP contribution < -0.4 is 5.32 Å². The molecule has 1 amide bonds. The molecule has 0 radical (unpaired) electrons. The zero-order chi connectivity index (χ0) is 15.3. The third-order valence-electron chi connectivity index (χ3n) is 5.25. The number of halogens is 1. The lowest BCUT2D eigenvalue weighted by Gasteiger charge is -2.54. The van der Waals surface area contributed by atoms with Crippen LogP contribution in [0.3, 0.4) is 0 Å². The van der Waals surface area contributed by atoms with Crippen molar-refractivity contribution < 1.29 is 19.4 Å². The van der Waals surface area contributed by atoms with Crippen LogP contribution in [-0.2, 0) is 14.3 Å². The first kappa shape index (κ1) is 14.9. The van der Waals surface area contributed by atoms with Gasteiger partial charge in [0.25, 0.3) is 0 Å². The third kappa shape index (κ3) is 1.80. The average molecular weight is 314 g/mol. The number of alkyl halides is 1. The lowest BCUT2D eigenvalue weighted by atomic mass is 9.64. The molecule has 2 N–H and O–H groups in total. The Kier molecular flexibility index (Phi) is 3.53. The van der Waals surface area contributed by atoms with Gasteiger partial charge < -0.3 is 15.2 Å². The molecule has 3 aliphatic rings. The fourth-order valence-electron chi connectivity index (χ4n) is 3.99. The number of amides is 1. The van der Waals surface area contributed by atoms with Gasteiger partial charge in [0.1, 0.15) is 0 Å². The molecule has 116 valence electrons. The molecule has 0 saturated carbocycles. The molecule has 0 aromatic carbocycles. The van der Waals surface area contributed by atoms with Gasteiger partial charge in [-0.15, -0.1) is 11.6 Å². The van der Waals surface area contributed by atoms with Gasteiger partial charge >= 0.3 is 5.97 Å². The first-order valence-electron chi connectivity index (χ1n) is 7.43. The maximum Gasteiger partial charge on any atom is 0.339 e. The topological polar surface area (TPSA) is 75.6 Å². The highest BCUT2D eigenvalue weighted by Gasteiger charge is 2.79. The van der Waals surface area contributed by atoms with Crippen molar-refractivity contribution in [1.29, 1.82) is 0 Å². The zero-order valence-corrected chi connectivity index (χ0v) is 12.7. The first-order chi connectivity index (χ1) is 9.97. The molecule has 0 aromatic heterocycles. The largest absolute Gasteiger partial charge is 0.453 e. The zero-order valence-electron chi connectivity index (χ0n) is 12.0. The summed E-state index contributed by atoms with van der Waals surface area (Å²) in [5, 5.41) is 13.5. The molecule has 21 heavy (non-hydrogen) atoms. The molecule has 0 bridgehead atoms. The highest BCUT2D eigenvalue weighted by atomic mass is 35.5. The Bertz CT molecular complexity index is 508. The van der Waals surface area contributed by atoms with Gasteiger partial charge in [0, 0.05) is 11.8 Å². The van der Waals surface area contributed by atoms with E-state index in [1.807, 2.05) is 12.2 Å². The van der Waals surface area contributed by atoms with E-state index in [9.17, 15) is 14.7 Å². The Morgan fingerprint density at radius 1 is 1.57 bits per heavy atom. The number of nitrogens with one attached hydrogen (secondary N) is 1. The van der Waals surface area contributed by atoms with Gasteiger partial charge in [-0.05, 0) is 32.6 Å². The maximum atomic E-state index is 12.2. The average Bonchev–Trinajstić information content (AvgIpc) is 2.65. The van der Waals surface area contributed by atoms with E-state index in [0.29, 0.717) is 12.3 Å². The second-order valence-electron chi connectivity index (χ2n) is 6.29. The van der Waals surface area contributed by atoms with Gasteiger partial charge in [-0.3, -0.25) is 4.79 Å². The number of allylic oxidation sites excluding steroid dienone is 1. The third-order valence-corrected chi connectivity index (χ3v) is 5.47. The molecule has 0 spiro atoms. The predicted octanol–water partition coefficient (Wildman–Crippen LogP) is 1.13. The number of carbonyl (C=O) groups excluding carboxylic acids is 2. The number of esters is 1. The predicted molar refractivity (Wildman–Crippen MR) is 76.7 cm³/mol. The van der Waals surface area contributed by atoms with Crippen LogP contribution in [0.2, 0.25) is 0 Å². The lowest BCUT2D eigenvalue weighted by molar-refractivity contribution is -0.238. The van der Waals surface area contributed by atoms with E-state index in [1.54, 1.807) is 6.92 Å².